The largest absolute Gasteiger partial charge is 0.373 e. The van der Waals surface area contributed by atoms with Crippen LogP contribution in [0.5, 0.6) is 0 Å². The van der Waals surface area contributed by atoms with E-state index < -0.39 is 0 Å². The van der Waals surface area contributed by atoms with Gasteiger partial charge in [-0.15, -0.1) is 11.3 Å². The van der Waals surface area contributed by atoms with E-state index in [0.717, 1.165) is 24.3 Å². The minimum absolute atomic E-state index is 0.0268. The molecule has 1 aliphatic rings. The molecule has 0 unspecified atom stereocenters. The van der Waals surface area contributed by atoms with Crippen LogP contribution in [0.1, 0.15) is 19.4 Å². The summed E-state index contributed by atoms with van der Waals surface area (Å²) >= 11 is 1.45. The van der Waals surface area contributed by atoms with Crippen molar-refractivity contribution in [2.75, 3.05) is 25.0 Å². The summed E-state index contributed by atoms with van der Waals surface area (Å²) in [6.45, 7) is 8.07. The second-order valence-electron chi connectivity index (χ2n) is 6.40. The summed E-state index contributed by atoms with van der Waals surface area (Å²) in [6.07, 6.45) is 0.323. The SMILES string of the molecule is Cc1ccc(-c2csc(NC(=O)CN3C[C@@H](C)O[C@@H](C)C3)n2)cc1. The van der Waals surface area contributed by atoms with Crippen LogP contribution in [0.2, 0.25) is 0 Å². The monoisotopic (exact) mass is 345 g/mol. The number of morpholine rings is 1. The van der Waals surface area contributed by atoms with Crippen LogP contribution in [0.4, 0.5) is 5.13 Å². The Bertz CT molecular complexity index is 689. The van der Waals surface area contributed by atoms with Crippen LogP contribution in [0, 0.1) is 6.92 Å². The number of amides is 1. The van der Waals surface area contributed by atoms with Crippen molar-refractivity contribution in [2.24, 2.45) is 0 Å². The molecule has 6 heteroatoms. The van der Waals surface area contributed by atoms with E-state index in [1.54, 1.807) is 0 Å². The molecule has 2 aromatic rings. The number of aryl methyl sites for hydroxylation is 1. The summed E-state index contributed by atoms with van der Waals surface area (Å²) in [4.78, 5) is 18.9. The molecule has 3 rings (SSSR count). The van der Waals surface area contributed by atoms with Crippen molar-refractivity contribution in [1.82, 2.24) is 9.88 Å². The zero-order chi connectivity index (χ0) is 17.1. The van der Waals surface area contributed by atoms with Crippen LogP contribution in [0.3, 0.4) is 0 Å². The molecule has 2 heterocycles. The highest BCUT2D eigenvalue weighted by Gasteiger charge is 2.23. The number of rotatable bonds is 4. The van der Waals surface area contributed by atoms with Gasteiger partial charge in [-0.3, -0.25) is 9.69 Å². The lowest BCUT2D eigenvalue weighted by Crippen LogP contribution is -2.48. The second kappa shape index (κ2) is 7.42. The van der Waals surface area contributed by atoms with E-state index in [9.17, 15) is 4.79 Å². The molecule has 0 saturated carbocycles. The van der Waals surface area contributed by atoms with Gasteiger partial charge in [0.25, 0.3) is 0 Å². The number of ether oxygens (including phenoxy) is 1. The quantitative estimate of drug-likeness (QED) is 0.925. The zero-order valence-corrected chi connectivity index (χ0v) is 15.1. The van der Waals surface area contributed by atoms with Gasteiger partial charge in [-0.05, 0) is 20.8 Å². The van der Waals surface area contributed by atoms with Crippen molar-refractivity contribution in [1.29, 1.82) is 0 Å². The molecule has 1 amide bonds. The maximum atomic E-state index is 12.3. The normalized spacial score (nSPS) is 21.6. The van der Waals surface area contributed by atoms with Gasteiger partial charge in [0.1, 0.15) is 0 Å². The topological polar surface area (TPSA) is 54.5 Å². The Balaban J connectivity index is 1.58. The summed E-state index contributed by atoms with van der Waals surface area (Å²) in [5.74, 6) is -0.0268. The van der Waals surface area contributed by atoms with Crippen molar-refractivity contribution in [3.05, 3.63) is 35.2 Å². The molecular formula is C18H23N3O2S. The number of carbonyl (C=O) groups is 1. The maximum Gasteiger partial charge on any atom is 0.240 e. The first-order valence-corrected chi connectivity index (χ1v) is 9.08. The van der Waals surface area contributed by atoms with Crippen molar-refractivity contribution in [3.63, 3.8) is 0 Å². The Labute approximate surface area is 146 Å². The van der Waals surface area contributed by atoms with Gasteiger partial charge < -0.3 is 10.1 Å². The third kappa shape index (κ3) is 4.41. The molecule has 0 bridgehead atoms. The van der Waals surface area contributed by atoms with Crippen LogP contribution in [-0.2, 0) is 9.53 Å². The standard InChI is InChI=1S/C18H23N3O2S/c1-12-4-6-15(7-5-12)16-11-24-18(19-16)20-17(22)10-21-8-13(2)23-14(3)9-21/h4-7,11,13-14H,8-10H2,1-3H3,(H,19,20,22)/t13-,14+. The fraction of sp³-hybridized carbons (Fsp3) is 0.444. The van der Waals surface area contributed by atoms with Crippen molar-refractivity contribution in [3.8, 4) is 11.3 Å². The number of hydrogen-bond donors (Lipinski definition) is 1. The molecule has 24 heavy (non-hydrogen) atoms. The van der Waals surface area contributed by atoms with E-state index in [0.29, 0.717) is 11.7 Å². The van der Waals surface area contributed by atoms with Gasteiger partial charge in [-0.25, -0.2) is 4.98 Å². The molecule has 5 nitrogen and oxygen atoms in total. The Morgan fingerprint density at radius 2 is 1.96 bits per heavy atom. The highest BCUT2D eigenvalue weighted by molar-refractivity contribution is 7.14. The number of thiazole rings is 1. The Kier molecular flexibility index (Phi) is 5.28. The van der Waals surface area contributed by atoms with E-state index in [4.69, 9.17) is 4.74 Å². The Morgan fingerprint density at radius 1 is 1.29 bits per heavy atom. The third-order valence-electron chi connectivity index (χ3n) is 3.96. The van der Waals surface area contributed by atoms with Crippen molar-refractivity contribution < 1.29 is 9.53 Å². The van der Waals surface area contributed by atoms with Crippen molar-refractivity contribution >= 4 is 22.4 Å². The zero-order valence-electron chi connectivity index (χ0n) is 14.3. The lowest BCUT2D eigenvalue weighted by molar-refractivity contribution is -0.121. The molecule has 0 aliphatic carbocycles. The number of nitrogens with one attached hydrogen (secondary N) is 1. The summed E-state index contributed by atoms with van der Waals surface area (Å²) in [6, 6.07) is 8.22. The van der Waals surface area contributed by atoms with E-state index in [1.807, 2.05) is 31.4 Å². The first kappa shape index (κ1) is 17.1. The van der Waals surface area contributed by atoms with Gasteiger partial charge in [0.2, 0.25) is 5.91 Å². The van der Waals surface area contributed by atoms with Gasteiger partial charge >= 0.3 is 0 Å². The highest BCUT2D eigenvalue weighted by atomic mass is 32.1. The molecule has 1 N–H and O–H groups in total. The molecule has 2 atom stereocenters. The van der Waals surface area contributed by atoms with Crippen LogP contribution >= 0.6 is 11.3 Å². The van der Waals surface area contributed by atoms with E-state index in [1.165, 1.54) is 16.9 Å². The summed E-state index contributed by atoms with van der Waals surface area (Å²) < 4.78 is 5.69. The number of anilines is 1. The number of carbonyl (C=O) groups excluding carboxylic acids is 1. The fourth-order valence-corrected chi connectivity index (χ4v) is 3.70. The van der Waals surface area contributed by atoms with Crippen LogP contribution in [-0.4, -0.2) is 47.6 Å². The Morgan fingerprint density at radius 3 is 2.62 bits per heavy atom. The number of aromatic nitrogens is 1. The van der Waals surface area contributed by atoms with Crippen LogP contribution < -0.4 is 5.32 Å². The number of benzene rings is 1. The predicted molar refractivity (Wildman–Crippen MR) is 97.4 cm³/mol. The van der Waals surface area contributed by atoms with Gasteiger partial charge in [0.15, 0.2) is 5.13 Å². The molecule has 1 aliphatic heterocycles. The van der Waals surface area contributed by atoms with Gasteiger partial charge in [0, 0.05) is 24.0 Å². The molecular weight excluding hydrogens is 322 g/mol. The smallest absolute Gasteiger partial charge is 0.240 e. The van der Waals surface area contributed by atoms with Crippen LogP contribution in [0.25, 0.3) is 11.3 Å². The summed E-state index contributed by atoms with van der Waals surface area (Å²) in [5, 5.41) is 5.52. The lowest BCUT2D eigenvalue weighted by atomic mass is 10.1. The molecule has 0 radical (unpaired) electrons. The first-order chi connectivity index (χ1) is 11.5. The lowest BCUT2D eigenvalue weighted by Gasteiger charge is -2.34. The average molecular weight is 345 g/mol. The van der Waals surface area contributed by atoms with Crippen LogP contribution in [0.15, 0.2) is 29.6 Å². The van der Waals surface area contributed by atoms with Gasteiger partial charge in [0.05, 0.1) is 24.4 Å². The van der Waals surface area contributed by atoms with Gasteiger partial charge in [-0.1, -0.05) is 29.8 Å². The molecule has 1 aromatic heterocycles. The van der Waals surface area contributed by atoms with E-state index in [2.05, 4.69) is 34.3 Å². The minimum Gasteiger partial charge on any atom is -0.373 e. The summed E-state index contributed by atoms with van der Waals surface area (Å²) in [5.41, 5.74) is 3.17. The average Bonchev–Trinajstić information content (AvgIpc) is 2.95. The summed E-state index contributed by atoms with van der Waals surface area (Å²) in [7, 11) is 0. The van der Waals surface area contributed by atoms with Crippen molar-refractivity contribution in [2.45, 2.75) is 33.0 Å². The number of hydrogen-bond acceptors (Lipinski definition) is 5. The molecule has 1 fully saturated rings. The van der Waals surface area contributed by atoms with E-state index >= 15 is 0 Å². The maximum absolute atomic E-state index is 12.3. The molecule has 1 saturated heterocycles. The van der Waals surface area contributed by atoms with E-state index in [-0.39, 0.29) is 18.1 Å². The second-order valence-corrected chi connectivity index (χ2v) is 7.26. The molecule has 1 aromatic carbocycles. The first-order valence-electron chi connectivity index (χ1n) is 8.20. The number of nitrogens with zero attached hydrogens (tertiary/aromatic N) is 2. The predicted octanol–water partition coefficient (Wildman–Crippen LogP) is 3.17. The molecule has 0 spiro atoms. The Hall–Kier alpha value is -1.76. The highest BCUT2D eigenvalue weighted by Crippen LogP contribution is 2.25. The minimum atomic E-state index is -0.0268. The van der Waals surface area contributed by atoms with Gasteiger partial charge in [-0.2, -0.15) is 0 Å². The fourth-order valence-electron chi connectivity index (χ4n) is 2.96. The molecule has 128 valence electrons. The third-order valence-corrected chi connectivity index (χ3v) is 4.72.